The summed E-state index contributed by atoms with van der Waals surface area (Å²) >= 11 is 0. The fraction of sp³-hybridized carbons (Fsp3) is 0.222. The van der Waals surface area contributed by atoms with Crippen LogP contribution in [0.5, 0.6) is 11.5 Å². The Balaban J connectivity index is 1.41. The molecule has 2 aromatic rings. The smallest absolute Gasteiger partial charge is 0.325 e. The van der Waals surface area contributed by atoms with Crippen LogP contribution in [0.4, 0.5) is 29.3 Å². The first-order valence-electron chi connectivity index (χ1n) is 8.33. The summed E-state index contributed by atoms with van der Waals surface area (Å²) in [6.07, 6.45) is 0. The lowest BCUT2D eigenvalue weighted by Crippen LogP contribution is -2.37. The Morgan fingerprint density at radius 3 is 2.64 bits per heavy atom. The molecule has 0 aromatic heterocycles. The minimum atomic E-state index is -1.68. The number of ether oxygens (including phenoxy) is 2. The van der Waals surface area contributed by atoms with Crippen molar-refractivity contribution < 1.29 is 32.2 Å². The topological polar surface area (TPSA) is 71.1 Å². The van der Waals surface area contributed by atoms with Gasteiger partial charge in [-0.05, 0) is 24.3 Å². The van der Waals surface area contributed by atoms with E-state index in [9.17, 15) is 22.8 Å². The number of anilines is 2. The maximum atomic E-state index is 13.7. The molecule has 3 amide bonds. The highest BCUT2D eigenvalue weighted by Gasteiger charge is 2.32. The molecular weight excluding hydrogens is 379 g/mol. The maximum Gasteiger partial charge on any atom is 0.325 e. The first-order chi connectivity index (χ1) is 13.4. The number of rotatable bonds is 4. The Labute approximate surface area is 157 Å². The number of carbonyl (C=O) groups is 2. The summed E-state index contributed by atoms with van der Waals surface area (Å²) in [6, 6.07) is 6.25. The lowest BCUT2D eigenvalue weighted by atomic mass is 10.2. The molecule has 10 heteroatoms. The van der Waals surface area contributed by atoms with Gasteiger partial charge in [0.25, 0.3) is 0 Å². The molecule has 0 atom stereocenters. The van der Waals surface area contributed by atoms with Crippen LogP contribution in [0, 0.1) is 17.5 Å². The third-order valence-electron chi connectivity index (χ3n) is 4.41. The van der Waals surface area contributed by atoms with E-state index in [4.69, 9.17) is 9.47 Å². The minimum absolute atomic E-state index is 0.111. The van der Waals surface area contributed by atoms with Crippen molar-refractivity contribution in [2.45, 2.75) is 0 Å². The number of benzene rings is 2. The predicted octanol–water partition coefficient (Wildman–Crippen LogP) is 2.71. The van der Waals surface area contributed by atoms with Gasteiger partial charge in [0.1, 0.15) is 6.54 Å². The highest BCUT2D eigenvalue weighted by Crippen LogP contribution is 2.36. The third-order valence-corrected chi connectivity index (χ3v) is 4.41. The Morgan fingerprint density at radius 2 is 1.82 bits per heavy atom. The molecule has 2 aromatic carbocycles. The van der Waals surface area contributed by atoms with Gasteiger partial charge in [0.2, 0.25) is 12.7 Å². The van der Waals surface area contributed by atoms with Crippen LogP contribution >= 0.6 is 0 Å². The van der Waals surface area contributed by atoms with Crippen LogP contribution in [-0.4, -0.2) is 43.3 Å². The Bertz CT molecular complexity index is 969. The molecule has 1 fully saturated rings. The van der Waals surface area contributed by atoms with E-state index in [0.717, 1.165) is 6.07 Å². The Morgan fingerprint density at radius 1 is 1.04 bits per heavy atom. The van der Waals surface area contributed by atoms with Gasteiger partial charge in [0, 0.05) is 24.8 Å². The van der Waals surface area contributed by atoms with E-state index in [1.165, 1.54) is 9.80 Å². The number of carbonyl (C=O) groups excluding carboxylic acids is 2. The normalized spacial score (nSPS) is 15.3. The van der Waals surface area contributed by atoms with E-state index < -0.39 is 35.1 Å². The zero-order valence-corrected chi connectivity index (χ0v) is 14.4. The first-order valence-corrected chi connectivity index (χ1v) is 8.33. The number of nitrogens with zero attached hydrogens (tertiary/aromatic N) is 2. The summed E-state index contributed by atoms with van der Waals surface area (Å²) in [7, 11) is 0. The molecule has 2 aliphatic rings. The van der Waals surface area contributed by atoms with E-state index in [1.54, 1.807) is 18.2 Å². The summed E-state index contributed by atoms with van der Waals surface area (Å²) in [6.45, 7) is 0.351. The van der Waals surface area contributed by atoms with Crippen molar-refractivity contribution >= 4 is 23.3 Å². The van der Waals surface area contributed by atoms with Crippen LogP contribution in [0.2, 0.25) is 0 Å². The van der Waals surface area contributed by atoms with Gasteiger partial charge in [0.05, 0.1) is 5.69 Å². The van der Waals surface area contributed by atoms with Crippen LogP contribution in [0.1, 0.15) is 0 Å². The average molecular weight is 393 g/mol. The number of fused-ring (bicyclic) bond motifs is 1. The van der Waals surface area contributed by atoms with Gasteiger partial charge in [-0.25, -0.2) is 18.0 Å². The van der Waals surface area contributed by atoms with Crippen molar-refractivity contribution in [3.05, 3.63) is 47.8 Å². The molecule has 0 spiro atoms. The second-order valence-corrected chi connectivity index (χ2v) is 6.16. The van der Waals surface area contributed by atoms with E-state index in [-0.39, 0.29) is 19.9 Å². The molecule has 2 heterocycles. The fourth-order valence-corrected chi connectivity index (χ4v) is 3.01. The molecular formula is C18H14F3N3O4. The van der Waals surface area contributed by atoms with Crippen LogP contribution in [0.3, 0.4) is 0 Å². The number of hydrogen-bond acceptors (Lipinski definition) is 4. The summed E-state index contributed by atoms with van der Waals surface area (Å²) in [5.41, 5.74) is 0.0898. The van der Waals surface area contributed by atoms with Crippen LogP contribution in [0.25, 0.3) is 0 Å². The summed E-state index contributed by atoms with van der Waals surface area (Å²) in [5.74, 6) is -4.15. The molecule has 1 saturated heterocycles. The highest BCUT2D eigenvalue weighted by molar-refractivity contribution is 5.99. The lowest BCUT2D eigenvalue weighted by molar-refractivity contribution is -0.116. The van der Waals surface area contributed by atoms with Crippen molar-refractivity contribution in [2.24, 2.45) is 0 Å². The monoisotopic (exact) mass is 393 g/mol. The van der Waals surface area contributed by atoms with Crippen molar-refractivity contribution in [1.29, 1.82) is 0 Å². The van der Waals surface area contributed by atoms with Crippen molar-refractivity contribution in [1.82, 2.24) is 4.90 Å². The number of hydrogen-bond donors (Lipinski definition) is 1. The molecule has 0 radical (unpaired) electrons. The highest BCUT2D eigenvalue weighted by atomic mass is 19.2. The zero-order valence-electron chi connectivity index (χ0n) is 14.4. The van der Waals surface area contributed by atoms with Crippen molar-refractivity contribution in [2.75, 3.05) is 36.6 Å². The summed E-state index contributed by atoms with van der Waals surface area (Å²) in [4.78, 5) is 27.4. The van der Waals surface area contributed by atoms with E-state index in [2.05, 4.69) is 5.32 Å². The second-order valence-electron chi connectivity index (χ2n) is 6.16. The van der Waals surface area contributed by atoms with Gasteiger partial charge in [-0.3, -0.25) is 9.69 Å². The number of amides is 3. The van der Waals surface area contributed by atoms with Gasteiger partial charge in [-0.2, -0.15) is 0 Å². The van der Waals surface area contributed by atoms with Crippen LogP contribution < -0.4 is 19.7 Å². The standard InChI is InChI=1S/C18H14F3N3O4/c19-11-2-3-12(17(21)16(11)20)22-15(25)8-23-5-6-24(18(23)26)10-1-4-13-14(7-10)28-9-27-13/h1-4,7H,5-6,8-9H2,(H,22,25). The van der Waals surface area contributed by atoms with Crippen molar-refractivity contribution in [3.8, 4) is 11.5 Å². The van der Waals surface area contributed by atoms with Gasteiger partial charge >= 0.3 is 6.03 Å². The quantitative estimate of drug-likeness (QED) is 0.811. The average Bonchev–Trinajstić information content (AvgIpc) is 3.28. The van der Waals surface area contributed by atoms with E-state index in [0.29, 0.717) is 29.8 Å². The molecule has 146 valence electrons. The maximum absolute atomic E-state index is 13.7. The minimum Gasteiger partial charge on any atom is -0.454 e. The summed E-state index contributed by atoms with van der Waals surface area (Å²) < 4.78 is 50.4. The number of nitrogens with one attached hydrogen (secondary N) is 1. The van der Waals surface area contributed by atoms with E-state index >= 15 is 0 Å². The molecule has 28 heavy (non-hydrogen) atoms. The van der Waals surface area contributed by atoms with E-state index in [1.807, 2.05) is 0 Å². The molecule has 0 unspecified atom stereocenters. The lowest BCUT2D eigenvalue weighted by Gasteiger charge is -2.19. The fourth-order valence-electron chi connectivity index (χ4n) is 3.01. The molecule has 1 N–H and O–H groups in total. The van der Waals surface area contributed by atoms with Gasteiger partial charge < -0.3 is 19.7 Å². The number of urea groups is 1. The largest absolute Gasteiger partial charge is 0.454 e. The second kappa shape index (κ2) is 6.95. The van der Waals surface area contributed by atoms with Gasteiger partial charge in [-0.1, -0.05) is 0 Å². The third kappa shape index (κ3) is 3.17. The molecule has 2 aliphatic heterocycles. The van der Waals surface area contributed by atoms with Crippen LogP contribution in [0.15, 0.2) is 30.3 Å². The first kappa shape index (κ1) is 18.0. The van der Waals surface area contributed by atoms with Crippen LogP contribution in [-0.2, 0) is 4.79 Å². The molecule has 0 bridgehead atoms. The predicted molar refractivity (Wildman–Crippen MR) is 91.8 cm³/mol. The van der Waals surface area contributed by atoms with Gasteiger partial charge in [0.15, 0.2) is 29.0 Å². The molecule has 0 saturated carbocycles. The van der Waals surface area contributed by atoms with Gasteiger partial charge in [-0.15, -0.1) is 0 Å². The Hall–Kier alpha value is -3.43. The van der Waals surface area contributed by atoms with Crippen molar-refractivity contribution in [3.63, 3.8) is 0 Å². The Kier molecular flexibility index (Phi) is 4.46. The molecule has 4 rings (SSSR count). The zero-order chi connectivity index (χ0) is 19.8. The summed E-state index contributed by atoms with van der Waals surface area (Å²) in [5, 5.41) is 2.14. The molecule has 7 nitrogen and oxygen atoms in total. The number of halogens is 3. The molecule has 0 aliphatic carbocycles. The SMILES string of the molecule is O=C(CN1CCN(c2ccc3c(c2)OCO3)C1=O)Nc1ccc(F)c(F)c1F.